The van der Waals surface area contributed by atoms with Crippen molar-refractivity contribution < 1.29 is 9.59 Å². The summed E-state index contributed by atoms with van der Waals surface area (Å²) in [5.74, 6) is 3.59. The maximum absolute atomic E-state index is 11.0. The van der Waals surface area contributed by atoms with Crippen LogP contribution in [0.1, 0.15) is 32.1 Å². The minimum absolute atomic E-state index is 0.290. The molecule has 0 heterocycles. The van der Waals surface area contributed by atoms with Gasteiger partial charge in [0.2, 0.25) is 0 Å². The van der Waals surface area contributed by atoms with Gasteiger partial charge in [-0.2, -0.15) is 0 Å². The lowest BCUT2D eigenvalue weighted by molar-refractivity contribution is -0.115. The van der Waals surface area contributed by atoms with Crippen molar-refractivity contribution in [2.75, 3.05) is 0 Å². The van der Waals surface area contributed by atoms with Gasteiger partial charge in [-0.15, -0.1) is 0 Å². The zero-order valence-corrected chi connectivity index (χ0v) is 8.97. The van der Waals surface area contributed by atoms with Gasteiger partial charge in [0, 0.05) is 11.8 Å². The molecule has 6 unspecified atom stereocenters. The Morgan fingerprint density at radius 3 is 2.40 bits per heavy atom. The lowest BCUT2D eigenvalue weighted by Crippen LogP contribution is -2.34. The van der Waals surface area contributed by atoms with Crippen molar-refractivity contribution in [3.63, 3.8) is 0 Å². The molecular weight excluding hydrogens is 188 g/mol. The molecule has 0 radical (unpaired) electrons. The first kappa shape index (κ1) is 9.56. The molecule has 15 heavy (non-hydrogen) atoms. The SMILES string of the molecule is O=CC1CCC2C3CC(C=O)C(C3)C2C1. The fraction of sp³-hybridized carbons (Fsp3) is 0.846. The summed E-state index contributed by atoms with van der Waals surface area (Å²) in [6.07, 6.45) is 8.12. The summed E-state index contributed by atoms with van der Waals surface area (Å²) >= 11 is 0. The summed E-state index contributed by atoms with van der Waals surface area (Å²) in [6, 6.07) is 0. The van der Waals surface area contributed by atoms with Crippen LogP contribution in [0, 0.1) is 35.5 Å². The Kier molecular flexibility index (Phi) is 2.18. The lowest BCUT2D eigenvalue weighted by Gasteiger charge is -2.39. The molecule has 0 aromatic rings. The molecule has 2 nitrogen and oxygen atoms in total. The minimum Gasteiger partial charge on any atom is -0.303 e. The molecule has 3 rings (SSSR count). The van der Waals surface area contributed by atoms with Gasteiger partial charge >= 0.3 is 0 Å². The molecule has 0 aromatic heterocycles. The molecule has 0 amide bonds. The summed E-state index contributed by atoms with van der Waals surface area (Å²) in [6.45, 7) is 0. The van der Waals surface area contributed by atoms with E-state index in [1.165, 1.54) is 19.1 Å². The van der Waals surface area contributed by atoms with Gasteiger partial charge in [0.1, 0.15) is 12.6 Å². The molecule has 6 atom stereocenters. The third kappa shape index (κ3) is 1.30. The van der Waals surface area contributed by atoms with E-state index in [-0.39, 0.29) is 5.92 Å². The van der Waals surface area contributed by atoms with E-state index in [0.717, 1.165) is 37.4 Å². The first-order chi connectivity index (χ1) is 7.33. The van der Waals surface area contributed by atoms with Gasteiger partial charge in [-0.3, -0.25) is 0 Å². The maximum atomic E-state index is 11.0. The molecule has 2 heteroatoms. The Morgan fingerprint density at radius 2 is 1.67 bits per heavy atom. The van der Waals surface area contributed by atoms with Gasteiger partial charge in [-0.1, -0.05) is 0 Å². The average molecular weight is 206 g/mol. The van der Waals surface area contributed by atoms with E-state index in [0.29, 0.717) is 17.8 Å². The average Bonchev–Trinajstić information content (AvgIpc) is 2.86. The topological polar surface area (TPSA) is 34.1 Å². The van der Waals surface area contributed by atoms with E-state index in [1.54, 1.807) is 0 Å². The molecule has 0 aliphatic heterocycles. The van der Waals surface area contributed by atoms with E-state index in [4.69, 9.17) is 0 Å². The summed E-state index contributed by atoms with van der Waals surface area (Å²) < 4.78 is 0. The number of hydrogen-bond donors (Lipinski definition) is 0. The normalized spacial score (nSPS) is 52.5. The van der Waals surface area contributed by atoms with Crippen molar-refractivity contribution in [3.05, 3.63) is 0 Å². The van der Waals surface area contributed by atoms with Crippen LogP contribution in [0.15, 0.2) is 0 Å². The van der Waals surface area contributed by atoms with E-state index < -0.39 is 0 Å². The molecule has 2 bridgehead atoms. The Hall–Kier alpha value is -0.660. The molecule has 82 valence electrons. The highest BCUT2D eigenvalue weighted by Gasteiger charge is 2.53. The van der Waals surface area contributed by atoms with Crippen molar-refractivity contribution in [1.29, 1.82) is 0 Å². The summed E-state index contributed by atoms with van der Waals surface area (Å²) in [5.41, 5.74) is 0. The second kappa shape index (κ2) is 3.43. The summed E-state index contributed by atoms with van der Waals surface area (Å²) in [5, 5.41) is 0. The molecule has 0 aromatic carbocycles. The second-order valence-corrected chi connectivity index (χ2v) is 5.73. The molecule has 3 aliphatic carbocycles. The van der Waals surface area contributed by atoms with Gasteiger partial charge in [0.25, 0.3) is 0 Å². The quantitative estimate of drug-likeness (QED) is 0.648. The summed E-state index contributed by atoms with van der Waals surface area (Å²) in [7, 11) is 0. The largest absolute Gasteiger partial charge is 0.303 e. The predicted octanol–water partition coefficient (Wildman–Crippen LogP) is 2.07. The number of carbonyl (C=O) groups is 2. The van der Waals surface area contributed by atoms with Crippen molar-refractivity contribution in [2.45, 2.75) is 32.1 Å². The van der Waals surface area contributed by atoms with Crippen LogP contribution in [0.2, 0.25) is 0 Å². The Morgan fingerprint density at radius 1 is 0.800 bits per heavy atom. The van der Waals surface area contributed by atoms with E-state index in [2.05, 4.69) is 0 Å². The second-order valence-electron chi connectivity index (χ2n) is 5.73. The van der Waals surface area contributed by atoms with Crippen molar-refractivity contribution in [3.8, 4) is 0 Å². The maximum Gasteiger partial charge on any atom is 0.123 e. The molecule has 3 saturated carbocycles. The third-order valence-corrected chi connectivity index (χ3v) is 5.22. The Balaban J connectivity index is 1.79. The number of rotatable bonds is 2. The molecule has 0 N–H and O–H groups in total. The monoisotopic (exact) mass is 206 g/mol. The van der Waals surface area contributed by atoms with Gasteiger partial charge in [0.15, 0.2) is 0 Å². The molecule has 3 aliphatic rings. The lowest BCUT2D eigenvalue weighted by atomic mass is 9.65. The Bertz CT molecular complexity index is 286. The number of hydrogen-bond acceptors (Lipinski definition) is 2. The van der Waals surface area contributed by atoms with Crippen LogP contribution in [-0.4, -0.2) is 12.6 Å². The number of carbonyl (C=O) groups excluding carboxylic acids is 2. The molecular formula is C13H18O2. The molecule has 0 spiro atoms. The van der Waals surface area contributed by atoms with Crippen LogP contribution >= 0.6 is 0 Å². The van der Waals surface area contributed by atoms with Crippen LogP contribution in [-0.2, 0) is 9.59 Å². The third-order valence-electron chi connectivity index (χ3n) is 5.22. The minimum atomic E-state index is 0.290. The summed E-state index contributed by atoms with van der Waals surface area (Å²) in [4.78, 5) is 21.8. The first-order valence-corrected chi connectivity index (χ1v) is 6.24. The highest BCUT2D eigenvalue weighted by atomic mass is 16.1. The zero-order chi connectivity index (χ0) is 10.4. The van der Waals surface area contributed by atoms with E-state index >= 15 is 0 Å². The van der Waals surface area contributed by atoms with Gasteiger partial charge < -0.3 is 9.59 Å². The Labute approximate surface area is 90.4 Å². The van der Waals surface area contributed by atoms with Crippen LogP contribution in [0.3, 0.4) is 0 Å². The van der Waals surface area contributed by atoms with Crippen LogP contribution in [0.25, 0.3) is 0 Å². The predicted molar refractivity (Wildman–Crippen MR) is 56.2 cm³/mol. The zero-order valence-electron chi connectivity index (χ0n) is 8.97. The van der Waals surface area contributed by atoms with Crippen LogP contribution < -0.4 is 0 Å². The molecule has 0 saturated heterocycles. The fourth-order valence-corrected chi connectivity index (χ4v) is 4.61. The van der Waals surface area contributed by atoms with E-state index in [9.17, 15) is 9.59 Å². The van der Waals surface area contributed by atoms with Gasteiger partial charge in [-0.25, -0.2) is 0 Å². The van der Waals surface area contributed by atoms with Crippen molar-refractivity contribution in [1.82, 2.24) is 0 Å². The highest BCUT2D eigenvalue weighted by Crippen LogP contribution is 2.59. The molecule has 3 fully saturated rings. The van der Waals surface area contributed by atoms with E-state index in [1.807, 2.05) is 0 Å². The van der Waals surface area contributed by atoms with Gasteiger partial charge in [0.05, 0.1) is 0 Å². The van der Waals surface area contributed by atoms with Crippen LogP contribution in [0.4, 0.5) is 0 Å². The fourth-order valence-electron chi connectivity index (χ4n) is 4.61. The highest BCUT2D eigenvalue weighted by molar-refractivity contribution is 5.56. The van der Waals surface area contributed by atoms with Crippen LogP contribution in [0.5, 0.6) is 0 Å². The smallest absolute Gasteiger partial charge is 0.123 e. The van der Waals surface area contributed by atoms with Gasteiger partial charge in [-0.05, 0) is 55.8 Å². The number of aldehydes is 2. The van der Waals surface area contributed by atoms with Crippen molar-refractivity contribution in [2.24, 2.45) is 35.5 Å². The first-order valence-electron chi connectivity index (χ1n) is 6.24. The van der Waals surface area contributed by atoms with Crippen molar-refractivity contribution >= 4 is 12.6 Å². The number of fused-ring (bicyclic) bond motifs is 5. The standard InChI is InChI=1S/C13H18O2/c14-6-8-1-2-11-9-4-10(7-15)12(5-9)13(11)3-8/h6-13H,1-5H2.